The molecule has 0 aliphatic carbocycles. The summed E-state index contributed by atoms with van der Waals surface area (Å²) in [5.41, 5.74) is 3.18. The van der Waals surface area contributed by atoms with Crippen LogP contribution in [0.25, 0.3) is 5.57 Å². The Hall–Kier alpha value is -2.68. The average molecular weight is 474 g/mol. The van der Waals surface area contributed by atoms with E-state index in [-0.39, 0.29) is 0 Å². The van der Waals surface area contributed by atoms with Gasteiger partial charge in [0.1, 0.15) is 12.4 Å². The van der Waals surface area contributed by atoms with Gasteiger partial charge >= 0.3 is 5.97 Å². The first-order chi connectivity index (χ1) is 15.8. The van der Waals surface area contributed by atoms with E-state index >= 15 is 0 Å². The van der Waals surface area contributed by atoms with E-state index in [4.69, 9.17) is 9.47 Å². The first kappa shape index (κ1) is 25.0. The highest BCUT2D eigenvalue weighted by molar-refractivity contribution is 7.90. The van der Waals surface area contributed by atoms with Crippen LogP contribution in [0.1, 0.15) is 24.5 Å². The van der Waals surface area contributed by atoms with Crippen molar-refractivity contribution in [2.45, 2.75) is 30.8 Å². The molecule has 33 heavy (non-hydrogen) atoms. The molecular weight excluding hydrogens is 442 g/mol. The largest absolute Gasteiger partial charge is 0.492 e. The van der Waals surface area contributed by atoms with E-state index in [9.17, 15) is 18.3 Å². The molecule has 0 bridgehead atoms. The van der Waals surface area contributed by atoms with Gasteiger partial charge in [-0.1, -0.05) is 30.3 Å². The van der Waals surface area contributed by atoms with Crippen molar-refractivity contribution in [1.29, 1.82) is 0 Å². The van der Waals surface area contributed by atoms with Crippen LogP contribution < -0.4 is 4.74 Å². The van der Waals surface area contributed by atoms with Crippen molar-refractivity contribution in [2.75, 3.05) is 39.1 Å². The van der Waals surface area contributed by atoms with Crippen LogP contribution in [0.4, 0.5) is 0 Å². The van der Waals surface area contributed by atoms with Crippen molar-refractivity contribution in [1.82, 2.24) is 4.90 Å². The summed E-state index contributed by atoms with van der Waals surface area (Å²) >= 11 is 0. The molecule has 2 aromatic rings. The lowest BCUT2D eigenvalue weighted by Gasteiger charge is -2.26. The number of ether oxygens (including phenoxy) is 2. The second-order valence-corrected chi connectivity index (χ2v) is 10.1. The number of nitrogens with zero attached hydrogens (tertiary/aromatic N) is 1. The minimum atomic E-state index is -3.18. The van der Waals surface area contributed by atoms with Gasteiger partial charge in [-0.25, -0.2) is 13.2 Å². The summed E-state index contributed by atoms with van der Waals surface area (Å²) < 4.78 is 34.3. The fourth-order valence-electron chi connectivity index (χ4n) is 3.74. The van der Waals surface area contributed by atoms with Crippen LogP contribution in [0, 0.1) is 0 Å². The van der Waals surface area contributed by atoms with Crippen molar-refractivity contribution in [3.05, 3.63) is 65.7 Å². The molecular formula is C25H31NO6S. The fourth-order valence-corrected chi connectivity index (χ4v) is 4.37. The Morgan fingerprint density at radius 3 is 2.36 bits per heavy atom. The summed E-state index contributed by atoms with van der Waals surface area (Å²) in [6, 6.07) is 14.5. The van der Waals surface area contributed by atoms with E-state index < -0.39 is 21.9 Å². The van der Waals surface area contributed by atoms with Crippen molar-refractivity contribution < 1.29 is 27.8 Å². The number of rotatable bonds is 11. The first-order valence-corrected chi connectivity index (χ1v) is 12.9. The number of hydrogen-bond donors (Lipinski definition) is 1. The summed E-state index contributed by atoms with van der Waals surface area (Å²) in [5, 5.41) is 9.20. The van der Waals surface area contributed by atoms with Crippen LogP contribution >= 0.6 is 0 Å². The predicted molar refractivity (Wildman–Crippen MR) is 127 cm³/mol. The topological polar surface area (TPSA) is 93.1 Å². The zero-order valence-electron chi connectivity index (χ0n) is 19.1. The van der Waals surface area contributed by atoms with Gasteiger partial charge in [0.15, 0.2) is 15.9 Å². The van der Waals surface area contributed by atoms with Crippen molar-refractivity contribution in [3.63, 3.8) is 0 Å². The molecule has 1 atom stereocenters. The Morgan fingerprint density at radius 1 is 1.12 bits per heavy atom. The third-order valence-electron chi connectivity index (χ3n) is 5.61. The molecule has 0 fully saturated rings. The molecule has 0 spiro atoms. The highest BCUT2D eigenvalue weighted by atomic mass is 32.2. The van der Waals surface area contributed by atoms with Gasteiger partial charge in [0, 0.05) is 38.9 Å². The summed E-state index contributed by atoms with van der Waals surface area (Å²) in [4.78, 5) is 13.9. The normalized spacial score (nSPS) is 15.6. The summed E-state index contributed by atoms with van der Waals surface area (Å²) in [5.74, 6) is -0.205. The lowest BCUT2D eigenvalue weighted by Crippen LogP contribution is -2.32. The molecule has 0 saturated carbocycles. The zero-order valence-corrected chi connectivity index (χ0v) is 19.9. The zero-order chi connectivity index (χ0) is 23.8. The minimum Gasteiger partial charge on any atom is -0.492 e. The Bertz CT molecular complexity index is 1060. The second-order valence-electron chi connectivity index (χ2n) is 8.06. The van der Waals surface area contributed by atoms with E-state index in [0.29, 0.717) is 24.5 Å². The van der Waals surface area contributed by atoms with Crippen molar-refractivity contribution in [3.8, 4) is 5.75 Å². The molecule has 0 radical (unpaired) electrons. The maximum atomic E-state index is 11.6. The first-order valence-electron chi connectivity index (χ1n) is 11.0. The molecule has 1 N–H and O–H groups in total. The number of carboxylic acid groups (broad SMARTS) is 1. The number of aliphatic carboxylic acids is 1. The monoisotopic (exact) mass is 473 g/mol. The second kappa shape index (κ2) is 11.4. The Morgan fingerprint density at radius 2 is 1.82 bits per heavy atom. The fraction of sp³-hybridized carbons (Fsp3) is 0.400. The van der Waals surface area contributed by atoms with Gasteiger partial charge in [-0.2, -0.15) is 0 Å². The predicted octanol–water partition coefficient (Wildman–Crippen LogP) is 3.29. The molecule has 1 unspecified atom stereocenters. The maximum absolute atomic E-state index is 11.6. The minimum absolute atomic E-state index is 0.322. The molecule has 1 aliphatic rings. The van der Waals surface area contributed by atoms with Gasteiger partial charge in [-0.3, -0.25) is 4.90 Å². The molecule has 0 amide bonds. The summed E-state index contributed by atoms with van der Waals surface area (Å²) in [6.07, 6.45) is 3.79. The highest BCUT2D eigenvalue weighted by Crippen LogP contribution is 2.24. The lowest BCUT2D eigenvalue weighted by molar-refractivity contribution is -0.149. The van der Waals surface area contributed by atoms with Crippen molar-refractivity contribution >= 4 is 21.4 Å². The number of benzene rings is 2. The van der Waals surface area contributed by atoms with E-state index in [1.54, 1.807) is 19.1 Å². The van der Waals surface area contributed by atoms with Crippen LogP contribution in [0.2, 0.25) is 0 Å². The summed E-state index contributed by atoms with van der Waals surface area (Å²) in [6.45, 7) is 5.23. The van der Waals surface area contributed by atoms with Gasteiger partial charge in [0.2, 0.25) is 0 Å². The molecule has 1 aliphatic heterocycles. The van der Waals surface area contributed by atoms with Crippen LogP contribution in [-0.4, -0.2) is 69.6 Å². The molecule has 7 nitrogen and oxygen atoms in total. The van der Waals surface area contributed by atoms with E-state index in [1.165, 1.54) is 11.8 Å². The van der Waals surface area contributed by atoms with Gasteiger partial charge in [0.05, 0.1) is 4.90 Å². The van der Waals surface area contributed by atoms with E-state index in [1.807, 2.05) is 36.4 Å². The van der Waals surface area contributed by atoms with E-state index in [0.717, 1.165) is 42.9 Å². The smallest absolute Gasteiger partial charge is 0.333 e. The quantitative estimate of drug-likeness (QED) is 0.535. The lowest BCUT2D eigenvalue weighted by atomic mass is 10.00. The van der Waals surface area contributed by atoms with Crippen LogP contribution in [0.15, 0.2) is 59.5 Å². The molecule has 1 heterocycles. The van der Waals surface area contributed by atoms with Gasteiger partial charge in [-0.05, 0) is 54.3 Å². The number of carboxylic acids is 1. The summed E-state index contributed by atoms with van der Waals surface area (Å²) in [7, 11) is -3.18. The molecule has 2 aromatic carbocycles. The SMILES string of the molecule is CCOC(Cc1ccc(OCCN2CC=C(c3ccc(S(C)(=O)=O)cc3)CC2)cc1)C(=O)O. The number of sulfone groups is 1. The number of hydrogen-bond acceptors (Lipinski definition) is 6. The third-order valence-corrected chi connectivity index (χ3v) is 6.74. The molecule has 3 rings (SSSR count). The molecule has 8 heteroatoms. The maximum Gasteiger partial charge on any atom is 0.333 e. The van der Waals surface area contributed by atoms with Gasteiger partial charge in [-0.15, -0.1) is 0 Å². The van der Waals surface area contributed by atoms with Crippen LogP contribution in [-0.2, 0) is 25.8 Å². The van der Waals surface area contributed by atoms with E-state index in [2.05, 4.69) is 11.0 Å². The Labute approximate surface area is 195 Å². The van der Waals surface area contributed by atoms with Crippen molar-refractivity contribution in [2.24, 2.45) is 0 Å². The van der Waals surface area contributed by atoms with Crippen LogP contribution in [0.5, 0.6) is 5.75 Å². The standard InChI is InChI=1S/C25H31NO6S/c1-3-31-24(25(27)28)18-19-4-8-22(9-5-19)32-17-16-26-14-12-21(13-15-26)20-6-10-23(11-7-20)33(2,29)30/h4-12,24H,3,13-18H2,1-2H3,(H,27,28). The number of carbonyl (C=O) groups is 1. The Kier molecular flexibility index (Phi) is 8.66. The molecule has 0 aromatic heterocycles. The van der Waals surface area contributed by atoms with Crippen LogP contribution in [0.3, 0.4) is 0 Å². The Balaban J connectivity index is 1.44. The van der Waals surface area contributed by atoms with Gasteiger partial charge < -0.3 is 14.6 Å². The average Bonchev–Trinajstić information content (AvgIpc) is 2.80. The molecule has 0 saturated heterocycles. The highest BCUT2D eigenvalue weighted by Gasteiger charge is 2.18. The third kappa shape index (κ3) is 7.42. The van der Waals surface area contributed by atoms with Gasteiger partial charge in [0.25, 0.3) is 0 Å². The molecule has 178 valence electrons.